The van der Waals surface area contributed by atoms with Crippen molar-refractivity contribution < 1.29 is 19.5 Å². The van der Waals surface area contributed by atoms with Crippen molar-refractivity contribution in [1.29, 1.82) is 0 Å². The number of amides is 2. The van der Waals surface area contributed by atoms with Crippen LogP contribution in [0.3, 0.4) is 0 Å². The van der Waals surface area contributed by atoms with Gasteiger partial charge in [0.2, 0.25) is 11.8 Å². The van der Waals surface area contributed by atoms with Crippen LogP contribution in [0.4, 0.5) is 0 Å². The molecule has 1 unspecified atom stereocenters. The number of hydrogen-bond acceptors (Lipinski definition) is 3. The van der Waals surface area contributed by atoms with Crippen molar-refractivity contribution in [2.24, 2.45) is 11.8 Å². The Balaban J connectivity index is 1.94. The fraction of sp³-hybridized carbons (Fsp3) is 0.786. The Hall–Kier alpha value is -1.59. The van der Waals surface area contributed by atoms with Gasteiger partial charge in [-0.25, -0.2) is 4.79 Å². The van der Waals surface area contributed by atoms with Crippen LogP contribution in [-0.2, 0) is 14.4 Å². The molecule has 1 aliphatic carbocycles. The predicted octanol–water partition coefficient (Wildman–Crippen LogP) is 0.614. The molecule has 0 spiro atoms. The summed E-state index contributed by atoms with van der Waals surface area (Å²) in [5.74, 6) is -1.35. The van der Waals surface area contributed by atoms with Gasteiger partial charge in [-0.15, -0.1) is 0 Å². The molecule has 20 heavy (non-hydrogen) atoms. The number of hydrogen-bond donors (Lipinski definition) is 2. The van der Waals surface area contributed by atoms with Crippen molar-refractivity contribution in [1.82, 2.24) is 10.2 Å². The van der Waals surface area contributed by atoms with E-state index in [1.54, 1.807) is 4.90 Å². The van der Waals surface area contributed by atoms with E-state index in [1.807, 2.05) is 13.8 Å². The second-order valence-electron chi connectivity index (χ2n) is 6.32. The van der Waals surface area contributed by atoms with Crippen LogP contribution in [0.1, 0.15) is 39.5 Å². The van der Waals surface area contributed by atoms with Gasteiger partial charge in [0, 0.05) is 19.5 Å². The molecule has 1 saturated heterocycles. The van der Waals surface area contributed by atoms with Crippen LogP contribution in [0.2, 0.25) is 0 Å². The van der Waals surface area contributed by atoms with Crippen molar-refractivity contribution in [2.45, 2.75) is 45.1 Å². The number of carboxylic acids is 1. The maximum atomic E-state index is 12.2. The van der Waals surface area contributed by atoms with Gasteiger partial charge in [-0.2, -0.15) is 0 Å². The first-order chi connectivity index (χ1) is 9.34. The van der Waals surface area contributed by atoms with Crippen LogP contribution in [0.15, 0.2) is 0 Å². The van der Waals surface area contributed by atoms with E-state index in [0.717, 1.165) is 6.42 Å². The van der Waals surface area contributed by atoms with E-state index < -0.39 is 17.4 Å². The number of rotatable bonds is 5. The van der Waals surface area contributed by atoms with E-state index in [1.165, 1.54) is 0 Å². The van der Waals surface area contributed by atoms with Gasteiger partial charge in [0.25, 0.3) is 0 Å². The summed E-state index contributed by atoms with van der Waals surface area (Å²) in [7, 11) is 0. The van der Waals surface area contributed by atoms with E-state index in [4.69, 9.17) is 0 Å². The summed E-state index contributed by atoms with van der Waals surface area (Å²) >= 11 is 0. The molecule has 1 aliphatic heterocycles. The molecule has 2 amide bonds. The topological polar surface area (TPSA) is 86.7 Å². The van der Waals surface area contributed by atoms with Gasteiger partial charge in [0.15, 0.2) is 0 Å². The van der Waals surface area contributed by atoms with E-state index in [-0.39, 0.29) is 18.2 Å². The first kappa shape index (κ1) is 14.8. The SMILES string of the molecule is CC(C)CN1CC(C(=O)NC2(C(=O)O)CCC2)CC1=O. The maximum absolute atomic E-state index is 12.2. The van der Waals surface area contributed by atoms with Crippen molar-refractivity contribution in [2.75, 3.05) is 13.1 Å². The van der Waals surface area contributed by atoms with Gasteiger partial charge < -0.3 is 15.3 Å². The molecule has 2 N–H and O–H groups in total. The quantitative estimate of drug-likeness (QED) is 0.773. The van der Waals surface area contributed by atoms with E-state index in [2.05, 4.69) is 5.32 Å². The minimum atomic E-state index is -1.09. The summed E-state index contributed by atoms with van der Waals surface area (Å²) in [5, 5.41) is 11.9. The van der Waals surface area contributed by atoms with Crippen molar-refractivity contribution >= 4 is 17.8 Å². The summed E-state index contributed by atoms with van der Waals surface area (Å²) < 4.78 is 0. The molecule has 0 radical (unpaired) electrons. The second-order valence-corrected chi connectivity index (χ2v) is 6.32. The van der Waals surface area contributed by atoms with Gasteiger partial charge in [0.1, 0.15) is 5.54 Å². The standard InChI is InChI=1S/C14H22N2O4/c1-9(2)7-16-8-10(6-11(16)17)12(18)15-14(13(19)20)4-3-5-14/h9-10H,3-8H2,1-2H3,(H,15,18)(H,19,20). The lowest BCUT2D eigenvalue weighted by molar-refractivity contribution is -0.152. The van der Waals surface area contributed by atoms with Gasteiger partial charge in [0.05, 0.1) is 5.92 Å². The molecule has 1 saturated carbocycles. The Morgan fingerprint density at radius 1 is 1.45 bits per heavy atom. The molecule has 2 rings (SSSR count). The molecule has 1 heterocycles. The second kappa shape index (κ2) is 5.42. The van der Waals surface area contributed by atoms with Crippen LogP contribution < -0.4 is 5.32 Å². The lowest BCUT2D eigenvalue weighted by atomic mass is 9.76. The third-order valence-corrected chi connectivity index (χ3v) is 4.15. The molecular formula is C14H22N2O4. The van der Waals surface area contributed by atoms with Crippen LogP contribution in [0.5, 0.6) is 0 Å². The molecule has 6 heteroatoms. The Morgan fingerprint density at radius 3 is 2.55 bits per heavy atom. The molecule has 0 aromatic heterocycles. The molecule has 6 nitrogen and oxygen atoms in total. The summed E-state index contributed by atoms with van der Waals surface area (Å²) in [4.78, 5) is 37.0. The summed E-state index contributed by atoms with van der Waals surface area (Å²) in [6, 6.07) is 0. The van der Waals surface area contributed by atoms with Crippen LogP contribution in [0.25, 0.3) is 0 Å². The fourth-order valence-electron chi connectivity index (χ4n) is 2.83. The summed E-state index contributed by atoms with van der Waals surface area (Å²) in [6.45, 7) is 5.09. The van der Waals surface area contributed by atoms with Gasteiger partial charge in [-0.1, -0.05) is 13.8 Å². The summed E-state index contributed by atoms with van der Waals surface area (Å²) in [6.07, 6.45) is 1.96. The predicted molar refractivity (Wildman–Crippen MR) is 71.9 cm³/mol. The largest absolute Gasteiger partial charge is 0.480 e. The zero-order valence-electron chi connectivity index (χ0n) is 12.0. The normalized spacial score (nSPS) is 24.6. The third-order valence-electron chi connectivity index (χ3n) is 4.15. The number of carbonyl (C=O) groups is 3. The minimum absolute atomic E-state index is 0.0168. The molecule has 1 atom stereocenters. The van der Waals surface area contributed by atoms with Crippen LogP contribution >= 0.6 is 0 Å². The number of nitrogens with one attached hydrogen (secondary N) is 1. The van der Waals surface area contributed by atoms with E-state index >= 15 is 0 Å². The molecule has 0 aromatic carbocycles. The van der Waals surface area contributed by atoms with E-state index in [0.29, 0.717) is 31.8 Å². The lowest BCUT2D eigenvalue weighted by Gasteiger charge is -2.38. The van der Waals surface area contributed by atoms with E-state index in [9.17, 15) is 19.5 Å². The first-order valence-electron chi connectivity index (χ1n) is 7.17. The highest BCUT2D eigenvalue weighted by molar-refractivity contribution is 5.93. The highest BCUT2D eigenvalue weighted by atomic mass is 16.4. The highest BCUT2D eigenvalue weighted by Gasteiger charge is 2.47. The Labute approximate surface area is 118 Å². The third kappa shape index (κ3) is 2.78. The Kier molecular flexibility index (Phi) is 4.01. The minimum Gasteiger partial charge on any atom is -0.480 e. The average Bonchev–Trinajstić information content (AvgIpc) is 2.64. The number of carboxylic acid groups (broad SMARTS) is 1. The molecule has 112 valence electrons. The van der Waals surface area contributed by atoms with Crippen molar-refractivity contribution in [3.63, 3.8) is 0 Å². The first-order valence-corrected chi connectivity index (χ1v) is 7.17. The zero-order valence-corrected chi connectivity index (χ0v) is 12.0. The average molecular weight is 282 g/mol. The number of nitrogens with zero attached hydrogens (tertiary/aromatic N) is 1. The molecule has 2 aliphatic rings. The number of carbonyl (C=O) groups excluding carboxylic acids is 2. The van der Waals surface area contributed by atoms with Gasteiger partial charge in [-0.05, 0) is 25.2 Å². The monoisotopic (exact) mass is 282 g/mol. The fourth-order valence-corrected chi connectivity index (χ4v) is 2.83. The van der Waals surface area contributed by atoms with Gasteiger partial charge in [-0.3, -0.25) is 9.59 Å². The highest BCUT2D eigenvalue weighted by Crippen LogP contribution is 2.33. The van der Waals surface area contributed by atoms with Crippen molar-refractivity contribution in [3.8, 4) is 0 Å². The Bertz CT molecular complexity index is 429. The lowest BCUT2D eigenvalue weighted by Crippen LogP contribution is -2.60. The number of aliphatic carboxylic acids is 1. The zero-order chi connectivity index (χ0) is 14.9. The van der Waals surface area contributed by atoms with Crippen molar-refractivity contribution in [3.05, 3.63) is 0 Å². The van der Waals surface area contributed by atoms with Crippen LogP contribution in [0, 0.1) is 11.8 Å². The molecular weight excluding hydrogens is 260 g/mol. The maximum Gasteiger partial charge on any atom is 0.329 e. The summed E-state index contributed by atoms with van der Waals surface area (Å²) in [5.41, 5.74) is -1.09. The molecule has 2 fully saturated rings. The smallest absolute Gasteiger partial charge is 0.329 e. The Morgan fingerprint density at radius 2 is 2.10 bits per heavy atom. The van der Waals surface area contributed by atoms with Gasteiger partial charge >= 0.3 is 5.97 Å². The van der Waals surface area contributed by atoms with Crippen LogP contribution in [-0.4, -0.2) is 46.4 Å². The molecule has 0 bridgehead atoms. The number of likely N-dealkylation sites (tertiary alicyclic amines) is 1. The molecule has 0 aromatic rings.